The molecular weight excluding hydrogens is 388 g/mol. The summed E-state index contributed by atoms with van der Waals surface area (Å²) in [5.41, 5.74) is 14.8. The lowest BCUT2D eigenvalue weighted by atomic mass is 9.81. The number of urea groups is 1. The first-order valence-electron chi connectivity index (χ1n) is 10.1. The molecule has 0 aliphatic heterocycles. The Morgan fingerprint density at radius 1 is 1.03 bits per heavy atom. The molecule has 0 radical (unpaired) electrons. The zero-order valence-electron chi connectivity index (χ0n) is 18.3. The van der Waals surface area contributed by atoms with E-state index in [0.29, 0.717) is 12.3 Å². The number of nitrogens with one attached hydrogen (secondary N) is 3. The molecule has 0 aliphatic carbocycles. The molecule has 0 saturated carbocycles. The number of nitrogens with zero attached hydrogens (tertiary/aromatic N) is 1. The summed E-state index contributed by atoms with van der Waals surface area (Å²) in [5, 5.41) is 5.61. The molecule has 0 bridgehead atoms. The van der Waals surface area contributed by atoms with Crippen LogP contribution < -0.4 is 15.5 Å². The molecule has 0 fully saturated rings. The minimum absolute atomic E-state index is 0.0578. The van der Waals surface area contributed by atoms with Crippen LogP contribution in [-0.4, -0.2) is 6.03 Å². The Bertz CT molecular complexity index is 1070. The van der Waals surface area contributed by atoms with Gasteiger partial charge < -0.3 is 10.1 Å². The summed E-state index contributed by atoms with van der Waals surface area (Å²) in [6.07, 6.45) is 0. The van der Waals surface area contributed by atoms with Gasteiger partial charge in [0, 0.05) is 11.3 Å². The van der Waals surface area contributed by atoms with Crippen LogP contribution in [0.15, 0.2) is 72.0 Å². The molecule has 0 saturated heterocycles. The van der Waals surface area contributed by atoms with Gasteiger partial charge in [-0.2, -0.15) is 5.53 Å². The maximum absolute atomic E-state index is 11.8. The van der Waals surface area contributed by atoms with Crippen molar-refractivity contribution in [3.63, 3.8) is 0 Å². The molecule has 3 aromatic carbocycles. The molecule has 3 N–H and O–H groups in total. The van der Waals surface area contributed by atoms with E-state index in [4.69, 9.17) is 10.3 Å². The molecule has 6 nitrogen and oxygen atoms in total. The second-order valence-corrected chi connectivity index (χ2v) is 8.39. The van der Waals surface area contributed by atoms with E-state index in [0.717, 1.165) is 16.9 Å². The third-order valence-electron chi connectivity index (χ3n) is 5.08. The van der Waals surface area contributed by atoms with Crippen molar-refractivity contribution in [1.82, 2.24) is 5.43 Å². The van der Waals surface area contributed by atoms with Crippen LogP contribution in [0.1, 0.15) is 37.5 Å². The first-order chi connectivity index (χ1) is 14.8. The minimum Gasteiger partial charge on any atom is -0.489 e. The molecule has 0 heterocycles. The first-order valence-corrected chi connectivity index (χ1v) is 10.1. The van der Waals surface area contributed by atoms with Crippen molar-refractivity contribution in [2.45, 2.75) is 39.7 Å². The van der Waals surface area contributed by atoms with E-state index in [1.54, 1.807) is 6.07 Å². The van der Waals surface area contributed by atoms with Gasteiger partial charge in [0.1, 0.15) is 12.4 Å². The van der Waals surface area contributed by atoms with Crippen molar-refractivity contribution in [3.05, 3.63) is 83.4 Å². The Balaban J connectivity index is 1.88. The standard InChI is InChI=1S/C25H28N4O2/c1-17-9-8-12-23(27-24(30)28-29-26)21(17)16-31-19-13-14-20(18-10-6-5-7-11-18)22(15-19)25(2,3)4/h5-15H,16H2,1-4H3,(H3,26,27,28,30). The number of rotatable bonds is 6. The fourth-order valence-electron chi connectivity index (χ4n) is 3.47. The van der Waals surface area contributed by atoms with Gasteiger partial charge in [0.2, 0.25) is 0 Å². The highest BCUT2D eigenvalue weighted by molar-refractivity contribution is 5.90. The van der Waals surface area contributed by atoms with E-state index < -0.39 is 6.03 Å². The number of carbonyl (C=O) groups excluding carboxylic acids is 1. The maximum Gasteiger partial charge on any atom is 0.340 e. The van der Waals surface area contributed by atoms with E-state index in [1.807, 2.05) is 43.3 Å². The largest absolute Gasteiger partial charge is 0.489 e. The van der Waals surface area contributed by atoms with Crippen molar-refractivity contribution in [1.29, 1.82) is 5.53 Å². The lowest BCUT2D eigenvalue weighted by Gasteiger charge is -2.24. The van der Waals surface area contributed by atoms with Crippen LogP contribution in [0.25, 0.3) is 11.1 Å². The van der Waals surface area contributed by atoms with Crippen molar-refractivity contribution < 1.29 is 9.53 Å². The predicted molar refractivity (Wildman–Crippen MR) is 123 cm³/mol. The highest BCUT2D eigenvalue weighted by atomic mass is 16.5. The van der Waals surface area contributed by atoms with Crippen LogP contribution in [0.3, 0.4) is 0 Å². The number of anilines is 1. The molecule has 3 aromatic rings. The molecule has 31 heavy (non-hydrogen) atoms. The van der Waals surface area contributed by atoms with Gasteiger partial charge in [0.15, 0.2) is 0 Å². The third-order valence-corrected chi connectivity index (χ3v) is 5.08. The van der Waals surface area contributed by atoms with Gasteiger partial charge in [-0.3, -0.25) is 0 Å². The Kier molecular flexibility index (Phi) is 6.70. The van der Waals surface area contributed by atoms with Gasteiger partial charge in [-0.05, 0) is 52.8 Å². The van der Waals surface area contributed by atoms with Gasteiger partial charge in [-0.1, -0.05) is 74.5 Å². The van der Waals surface area contributed by atoms with E-state index in [1.165, 1.54) is 16.7 Å². The average molecular weight is 417 g/mol. The Hall–Kier alpha value is -3.67. The van der Waals surface area contributed by atoms with Crippen LogP contribution >= 0.6 is 0 Å². The van der Waals surface area contributed by atoms with Gasteiger partial charge >= 0.3 is 6.03 Å². The summed E-state index contributed by atoms with van der Waals surface area (Å²) in [7, 11) is 0. The molecule has 0 atom stereocenters. The Morgan fingerprint density at radius 3 is 2.45 bits per heavy atom. The molecule has 0 aromatic heterocycles. The van der Waals surface area contributed by atoms with E-state index in [9.17, 15) is 4.79 Å². The lowest BCUT2D eigenvalue weighted by Crippen LogP contribution is -2.24. The van der Waals surface area contributed by atoms with E-state index in [-0.39, 0.29) is 5.41 Å². The summed E-state index contributed by atoms with van der Waals surface area (Å²) < 4.78 is 6.15. The lowest BCUT2D eigenvalue weighted by molar-refractivity contribution is 0.251. The van der Waals surface area contributed by atoms with Crippen LogP contribution in [0, 0.1) is 12.5 Å². The number of hydrogen-bond acceptors (Lipinski definition) is 4. The van der Waals surface area contributed by atoms with Crippen molar-refractivity contribution in [2.24, 2.45) is 5.22 Å². The van der Waals surface area contributed by atoms with Crippen LogP contribution in [0.4, 0.5) is 10.5 Å². The second-order valence-electron chi connectivity index (χ2n) is 8.39. The molecule has 6 heteroatoms. The molecule has 3 rings (SSSR count). The summed E-state index contributed by atoms with van der Waals surface area (Å²) in [4.78, 5) is 11.8. The number of ether oxygens (including phenoxy) is 1. The molecule has 2 amide bonds. The fraction of sp³-hybridized carbons (Fsp3) is 0.240. The van der Waals surface area contributed by atoms with Gasteiger partial charge in [0.25, 0.3) is 0 Å². The van der Waals surface area contributed by atoms with E-state index in [2.05, 4.69) is 61.0 Å². The molecular formula is C25H28N4O2. The summed E-state index contributed by atoms with van der Waals surface area (Å²) in [6.45, 7) is 8.85. The Morgan fingerprint density at radius 2 is 1.77 bits per heavy atom. The highest BCUT2D eigenvalue weighted by Crippen LogP contribution is 2.36. The number of carbonyl (C=O) groups is 1. The topological polar surface area (TPSA) is 86.6 Å². The second kappa shape index (κ2) is 9.43. The number of aryl methyl sites for hydroxylation is 1. The average Bonchev–Trinajstić information content (AvgIpc) is 2.73. The van der Waals surface area contributed by atoms with Gasteiger partial charge in [0.05, 0.1) is 0 Å². The molecule has 0 spiro atoms. The minimum atomic E-state index is -0.566. The smallest absolute Gasteiger partial charge is 0.340 e. The zero-order chi connectivity index (χ0) is 22.4. The van der Waals surface area contributed by atoms with E-state index >= 15 is 0 Å². The zero-order valence-corrected chi connectivity index (χ0v) is 18.3. The van der Waals surface area contributed by atoms with Crippen LogP contribution in [-0.2, 0) is 12.0 Å². The molecule has 0 unspecified atom stereocenters. The molecule has 0 aliphatic rings. The number of benzene rings is 3. The molecule has 160 valence electrons. The van der Waals surface area contributed by atoms with Gasteiger partial charge in [-0.15, -0.1) is 0 Å². The monoisotopic (exact) mass is 416 g/mol. The summed E-state index contributed by atoms with van der Waals surface area (Å²) >= 11 is 0. The Labute approximate surface area is 183 Å². The van der Waals surface area contributed by atoms with Crippen molar-refractivity contribution >= 4 is 11.7 Å². The van der Waals surface area contributed by atoms with Crippen molar-refractivity contribution in [3.8, 4) is 16.9 Å². The number of amides is 2. The van der Waals surface area contributed by atoms with Crippen LogP contribution in [0.2, 0.25) is 0 Å². The normalized spacial score (nSPS) is 11.0. The quantitative estimate of drug-likeness (QED) is 0.312. The predicted octanol–water partition coefficient (Wildman–Crippen LogP) is 6.61. The van der Waals surface area contributed by atoms with Crippen LogP contribution in [0.5, 0.6) is 5.75 Å². The number of hydrogen-bond donors (Lipinski definition) is 3. The summed E-state index contributed by atoms with van der Waals surface area (Å²) in [6, 6.07) is 21.6. The van der Waals surface area contributed by atoms with Gasteiger partial charge in [-0.25, -0.2) is 10.2 Å². The fourth-order valence-corrected chi connectivity index (χ4v) is 3.47. The summed E-state index contributed by atoms with van der Waals surface area (Å²) in [5.74, 6) is 0.768. The van der Waals surface area contributed by atoms with Crippen molar-refractivity contribution in [2.75, 3.05) is 5.32 Å². The third kappa shape index (κ3) is 5.48. The maximum atomic E-state index is 11.8. The highest BCUT2D eigenvalue weighted by Gasteiger charge is 2.20. The SMILES string of the molecule is Cc1cccc(NC(=O)NN=N)c1COc1ccc(-c2ccccc2)c(C(C)(C)C)c1. The first kappa shape index (κ1) is 22.0.